The van der Waals surface area contributed by atoms with Crippen molar-refractivity contribution in [2.75, 3.05) is 33.0 Å². The second-order valence-corrected chi connectivity index (χ2v) is 2.28. The fraction of sp³-hybridized carbons (Fsp3) is 0.778. The van der Waals surface area contributed by atoms with E-state index in [4.69, 9.17) is 14.2 Å². The molecule has 0 aliphatic rings. The molecule has 0 fully saturated rings. The molecule has 4 nitrogen and oxygen atoms in total. The SMILES string of the molecule is [CH2]CC(=O)OCCOCCOCC. The molecule has 0 atom stereocenters. The summed E-state index contributed by atoms with van der Waals surface area (Å²) in [5, 5.41) is 0. The summed E-state index contributed by atoms with van der Waals surface area (Å²) in [6.07, 6.45) is 0.166. The molecule has 0 bridgehead atoms. The van der Waals surface area contributed by atoms with Crippen LogP contribution in [0.3, 0.4) is 0 Å². The smallest absolute Gasteiger partial charge is 0.305 e. The average molecular weight is 189 g/mol. The number of hydrogen-bond donors (Lipinski definition) is 0. The highest BCUT2D eigenvalue weighted by Crippen LogP contribution is 1.84. The lowest BCUT2D eigenvalue weighted by Crippen LogP contribution is -2.12. The zero-order chi connectivity index (χ0) is 9.94. The summed E-state index contributed by atoms with van der Waals surface area (Å²) >= 11 is 0. The first kappa shape index (κ1) is 12.4. The minimum absolute atomic E-state index is 0.166. The Labute approximate surface area is 79.2 Å². The van der Waals surface area contributed by atoms with Crippen molar-refractivity contribution in [1.82, 2.24) is 0 Å². The highest BCUT2D eigenvalue weighted by Gasteiger charge is 1.96. The predicted molar refractivity (Wildman–Crippen MR) is 48.2 cm³/mol. The van der Waals surface area contributed by atoms with Gasteiger partial charge in [0, 0.05) is 13.0 Å². The molecule has 0 aromatic carbocycles. The van der Waals surface area contributed by atoms with E-state index in [1.54, 1.807) is 0 Å². The van der Waals surface area contributed by atoms with E-state index in [1.807, 2.05) is 6.92 Å². The number of rotatable bonds is 8. The van der Waals surface area contributed by atoms with Gasteiger partial charge in [-0.3, -0.25) is 4.79 Å². The fourth-order valence-corrected chi connectivity index (χ4v) is 0.651. The van der Waals surface area contributed by atoms with Gasteiger partial charge < -0.3 is 14.2 Å². The Morgan fingerprint density at radius 1 is 1.15 bits per heavy atom. The molecule has 0 saturated heterocycles. The average Bonchev–Trinajstić information content (AvgIpc) is 2.16. The lowest BCUT2D eigenvalue weighted by atomic mass is 10.5. The molecule has 0 aromatic rings. The van der Waals surface area contributed by atoms with Crippen molar-refractivity contribution < 1.29 is 19.0 Å². The van der Waals surface area contributed by atoms with Crippen LogP contribution in [0.2, 0.25) is 0 Å². The highest BCUT2D eigenvalue weighted by atomic mass is 16.6. The Balaban J connectivity index is 2.95. The second-order valence-electron chi connectivity index (χ2n) is 2.28. The molecule has 77 valence electrons. The fourth-order valence-electron chi connectivity index (χ4n) is 0.651. The van der Waals surface area contributed by atoms with Gasteiger partial charge in [0.05, 0.1) is 19.8 Å². The van der Waals surface area contributed by atoms with Crippen LogP contribution in [0.25, 0.3) is 0 Å². The summed E-state index contributed by atoms with van der Waals surface area (Å²) in [6, 6.07) is 0. The van der Waals surface area contributed by atoms with Gasteiger partial charge in [0.15, 0.2) is 0 Å². The zero-order valence-corrected chi connectivity index (χ0v) is 8.08. The molecule has 0 aromatic heterocycles. The Kier molecular flexibility index (Phi) is 9.03. The Bertz CT molecular complexity index is 125. The summed E-state index contributed by atoms with van der Waals surface area (Å²) in [5.41, 5.74) is 0. The third-order valence-corrected chi connectivity index (χ3v) is 1.27. The van der Waals surface area contributed by atoms with Crippen LogP contribution in [0.1, 0.15) is 13.3 Å². The molecular weight excluding hydrogens is 172 g/mol. The van der Waals surface area contributed by atoms with E-state index in [2.05, 4.69) is 6.92 Å². The maximum absolute atomic E-state index is 10.6. The molecule has 1 radical (unpaired) electrons. The van der Waals surface area contributed by atoms with Crippen molar-refractivity contribution in [1.29, 1.82) is 0 Å². The number of carbonyl (C=O) groups is 1. The molecular formula is C9H17O4. The molecule has 0 saturated carbocycles. The van der Waals surface area contributed by atoms with Gasteiger partial charge in [0.2, 0.25) is 0 Å². The normalized spacial score (nSPS) is 10.0. The summed E-state index contributed by atoms with van der Waals surface area (Å²) in [6.45, 7) is 7.84. The molecule has 0 heterocycles. The van der Waals surface area contributed by atoms with Crippen LogP contribution in [0.5, 0.6) is 0 Å². The van der Waals surface area contributed by atoms with Crippen molar-refractivity contribution in [3.8, 4) is 0 Å². The number of hydrogen-bond acceptors (Lipinski definition) is 4. The van der Waals surface area contributed by atoms with Gasteiger partial charge in [-0.05, 0) is 13.8 Å². The lowest BCUT2D eigenvalue weighted by molar-refractivity contribution is -0.144. The van der Waals surface area contributed by atoms with Crippen molar-refractivity contribution >= 4 is 5.97 Å². The van der Waals surface area contributed by atoms with Crippen LogP contribution < -0.4 is 0 Å². The van der Waals surface area contributed by atoms with Crippen LogP contribution in [-0.2, 0) is 19.0 Å². The van der Waals surface area contributed by atoms with E-state index in [0.717, 1.165) is 0 Å². The van der Waals surface area contributed by atoms with Crippen LogP contribution in [0.15, 0.2) is 0 Å². The van der Waals surface area contributed by atoms with Crippen LogP contribution in [0, 0.1) is 6.92 Å². The van der Waals surface area contributed by atoms with Gasteiger partial charge in [-0.15, -0.1) is 0 Å². The van der Waals surface area contributed by atoms with E-state index >= 15 is 0 Å². The molecule has 0 unspecified atom stereocenters. The van der Waals surface area contributed by atoms with E-state index in [0.29, 0.717) is 33.0 Å². The van der Waals surface area contributed by atoms with E-state index < -0.39 is 0 Å². The minimum atomic E-state index is -0.298. The molecule has 0 rings (SSSR count). The van der Waals surface area contributed by atoms with E-state index in [-0.39, 0.29) is 12.4 Å². The van der Waals surface area contributed by atoms with E-state index in [9.17, 15) is 4.79 Å². The van der Waals surface area contributed by atoms with Gasteiger partial charge in [0.25, 0.3) is 0 Å². The molecule has 0 aliphatic carbocycles. The number of carbonyl (C=O) groups excluding carboxylic acids is 1. The van der Waals surface area contributed by atoms with Crippen molar-refractivity contribution in [2.24, 2.45) is 0 Å². The number of esters is 1. The quantitative estimate of drug-likeness (QED) is 0.418. The second kappa shape index (κ2) is 9.48. The Morgan fingerprint density at radius 2 is 1.77 bits per heavy atom. The van der Waals surface area contributed by atoms with Crippen molar-refractivity contribution in [3.05, 3.63) is 6.92 Å². The van der Waals surface area contributed by atoms with Gasteiger partial charge in [-0.2, -0.15) is 0 Å². The Hall–Kier alpha value is -0.610. The third-order valence-electron chi connectivity index (χ3n) is 1.27. The topological polar surface area (TPSA) is 44.8 Å². The minimum Gasteiger partial charge on any atom is -0.463 e. The summed E-state index contributed by atoms with van der Waals surface area (Å²) in [5.74, 6) is -0.298. The standard InChI is InChI=1S/C9H17O4/c1-3-9(10)13-8-7-12-6-5-11-4-2/h1,3-8H2,2H3. The van der Waals surface area contributed by atoms with Crippen LogP contribution in [-0.4, -0.2) is 39.0 Å². The molecule has 0 amide bonds. The Morgan fingerprint density at radius 3 is 2.38 bits per heavy atom. The summed E-state index contributed by atoms with van der Waals surface area (Å²) in [4.78, 5) is 10.6. The summed E-state index contributed by atoms with van der Waals surface area (Å²) < 4.78 is 14.9. The first-order valence-electron chi connectivity index (χ1n) is 4.41. The maximum Gasteiger partial charge on any atom is 0.305 e. The van der Waals surface area contributed by atoms with Crippen LogP contribution >= 0.6 is 0 Å². The maximum atomic E-state index is 10.6. The lowest BCUT2D eigenvalue weighted by Gasteiger charge is -2.04. The van der Waals surface area contributed by atoms with Crippen LogP contribution in [0.4, 0.5) is 0 Å². The van der Waals surface area contributed by atoms with Gasteiger partial charge >= 0.3 is 5.97 Å². The number of ether oxygens (including phenoxy) is 3. The molecule has 13 heavy (non-hydrogen) atoms. The first-order chi connectivity index (χ1) is 6.31. The molecule has 0 N–H and O–H groups in total. The van der Waals surface area contributed by atoms with Crippen molar-refractivity contribution in [3.63, 3.8) is 0 Å². The predicted octanol–water partition coefficient (Wildman–Crippen LogP) is 0.807. The first-order valence-corrected chi connectivity index (χ1v) is 4.41. The van der Waals surface area contributed by atoms with Crippen molar-refractivity contribution in [2.45, 2.75) is 13.3 Å². The summed E-state index contributed by atoms with van der Waals surface area (Å²) in [7, 11) is 0. The van der Waals surface area contributed by atoms with Gasteiger partial charge in [-0.25, -0.2) is 0 Å². The molecule has 0 aliphatic heterocycles. The van der Waals surface area contributed by atoms with Gasteiger partial charge in [0.1, 0.15) is 6.61 Å². The van der Waals surface area contributed by atoms with Gasteiger partial charge in [-0.1, -0.05) is 0 Å². The monoisotopic (exact) mass is 189 g/mol. The third kappa shape index (κ3) is 9.30. The highest BCUT2D eigenvalue weighted by molar-refractivity contribution is 5.69. The largest absolute Gasteiger partial charge is 0.463 e. The van der Waals surface area contributed by atoms with E-state index in [1.165, 1.54) is 0 Å². The molecule has 4 heteroatoms. The molecule has 0 spiro atoms. The zero-order valence-electron chi connectivity index (χ0n) is 8.08.